The highest BCUT2D eigenvalue weighted by Crippen LogP contribution is 2.25. The van der Waals surface area contributed by atoms with Crippen LogP contribution in [-0.4, -0.2) is 26.6 Å². The van der Waals surface area contributed by atoms with E-state index in [1.54, 1.807) is 0 Å². The van der Waals surface area contributed by atoms with Crippen molar-refractivity contribution in [1.82, 2.24) is 14.8 Å². The predicted molar refractivity (Wildman–Crippen MR) is 95.5 cm³/mol. The lowest BCUT2D eigenvalue weighted by Crippen LogP contribution is -2.36. The zero-order chi connectivity index (χ0) is 18.0. The molecule has 3 rings (SSSR count). The van der Waals surface area contributed by atoms with Gasteiger partial charge in [-0.2, -0.15) is 10.1 Å². The van der Waals surface area contributed by atoms with Gasteiger partial charge >= 0.3 is 0 Å². The Morgan fingerprint density at radius 1 is 1.36 bits per heavy atom. The van der Waals surface area contributed by atoms with Gasteiger partial charge in [0, 0.05) is 12.1 Å². The molecule has 132 valence electrons. The van der Waals surface area contributed by atoms with Gasteiger partial charge in [-0.1, -0.05) is 32.9 Å². The predicted octanol–water partition coefficient (Wildman–Crippen LogP) is 2.88. The molecule has 0 spiro atoms. The van der Waals surface area contributed by atoms with Crippen molar-refractivity contribution in [3.8, 4) is 0 Å². The van der Waals surface area contributed by atoms with E-state index in [-0.39, 0.29) is 18.2 Å². The quantitative estimate of drug-likeness (QED) is 0.875. The molecule has 1 aromatic carbocycles. The van der Waals surface area contributed by atoms with Crippen LogP contribution in [0.4, 0.5) is 11.6 Å². The van der Waals surface area contributed by atoms with Crippen molar-refractivity contribution in [2.45, 2.75) is 52.0 Å². The molecule has 0 aliphatic carbocycles. The molecule has 2 amide bonds. The lowest BCUT2D eigenvalue weighted by atomic mass is 10.0. The molecule has 0 saturated heterocycles. The molecule has 2 N–H and O–H groups in total. The van der Waals surface area contributed by atoms with Crippen molar-refractivity contribution in [2.24, 2.45) is 0 Å². The zero-order valence-corrected chi connectivity index (χ0v) is 14.7. The Balaban J connectivity index is 1.79. The molecule has 0 fully saturated rings. The Kier molecular flexibility index (Phi) is 4.83. The Bertz CT molecular complexity index is 779. The maximum atomic E-state index is 12.7. The summed E-state index contributed by atoms with van der Waals surface area (Å²) in [5, 5.41) is 9.94. The molecule has 7 nitrogen and oxygen atoms in total. The lowest BCUT2D eigenvalue weighted by molar-refractivity contribution is -0.125. The maximum absolute atomic E-state index is 12.7. The van der Waals surface area contributed by atoms with Gasteiger partial charge in [-0.15, -0.1) is 0 Å². The SMILES string of the molecule is CCCc1nc2n(n1)C(C(=O)Nc1ccc(C(C)C)cc1)CC(=O)N2. The number of anilines is 2. The van der Waals surface area contributed by atoms with Crippen molar-refractivity contribution >= 4 is 23.5 Å². The van der Waals surface area contributed by atoms with Crippen LogP contribution in [0, 0.1) is 0 Å². The second-order valence-corrected chi connectivity index (χ2v) is 6.58. The molecule has 0 radical (unpaired) electrons. The molecular weight excluding hydrogens is 318 g/mol. The van der Waals surface area contributed by atoms with Crippen molar-refractivity contribution in [3.05, 3.63) is 35.7 Å². The van der Waals surface area contributed by atoms with E-state index >= 15 is 0 Å². The maximum Gasteiger partial charge on any atom is 0.249 e. The number of nitrogens with one attached hydrogen (secondary N) is 2. The first-order valence-electron chi connectivity index (χ1n) is 8.64. The number of aromatic nitrogens is 3. The largest absolute Gasteiger partial charge is 0.324 e. The number of aryl methyl sites for hydroxylation is 1. The van der Waals surface area contributed by atoms with Crippen molar-refractivity contribution in [3.63, 3.8) is 0 Å². The summed E-state index contributed by atoms with van der Waals surface area (Å²) in [6.45, 7) is 6.27. The smallest absolute Gasteiger partial charge is 0.249 e. The molecule has 1 aliphatic heterocycles. The fourth-order valence-electron chi connectivity index (χ4n) is 2.82. The lowest BCUT2D eigenvalue weighted by Gasteiger charge is -2.22. The zero-order valence-electron chi connectivity index (χ0n) is 14.7. The van der Waals surface area contributed by atoms with Crippen LogP contribution in [0.3, 0.4) is 0 Å². The molecule has 1 aliphatic rings. The minimum Gasteiger partial charge on any atom is -0.324 e. The second kappa shape index (κ2) is 7.04. The minimum absolute atomic E-state index is 0.0534. The minimum atomic E-state index is -0.688. The van der Waals surface area contributed by atoms with Gasteiger partial charge in [0.05, 0.1) is 6.42 Å². The molecule has 2 heterocycles. The molecular formula is C18H23N5O2. The normalized spacial score (nSPS) is 16.5. The summed E-state index contributed by atoms with van der Waals surface area (Å²) in [7, 11) is 0. The number of hydrogen-bond donors (Lipinski definition) is 2. The van der Waals surface area contributed by atoms with Gasteiger partial charge in [0.1, 0.15) is 6.04 Å². The number of carbonyl (C=O) groups excluding carboxylic acids is 2. The number of benzene rings is 1. The van der Waals surface area contributed by atoms with E-state index in [9.17, 15) is 9.59 Å². The van der Waals surface area contributed by atoms with E-state index in [1.165, 1.54) is 10.2 Å². The first-order valence-corrected chi connectivity index (χ1v) is 8.64. The first-order chi connectivity index (χ1) is 12.0. The topological polar surface area (TPSA) is 88.9 Å². The highest BCUT2D eigenvalue weighted by Gasteiger charge is 2.33. The first kappa shape index (κ1) is 17.1. The van der Waals surface area contributed by atoms with Gasteiger partial charge in [-0.3, -0.25) is 14.9 Å². The third-order valence-corrected chi connectivity index (χ3v) is 4.22. The van der Waals surface area contributed by atoms with Crippen LogP contribution in [0.15, 0.2) is 24.3 Å². The van der Waals surface area contributed by atoms with Crippen LogP contribution in [0.5, 0.6) is 0 Å². The standard InChI is InChI=1S/C18H23N5O2/c1-4-5-15-20-18-21-16(24)10-14(23(18)22-15)17(25)19-13-8-6-12(7-9-13)11(2)3/h6-9,11,14H,4-5,10H2,1-3H3,(H,19,25)(H,20,21,22,24). The molecule has 1 aromatic heterocycles. The molecule has 1 atom stereocenters. The summed E-state index contributed by atoms with van der Waals surface area (Å²) in [4.78, 5) is 28.9. The number of rotatable bonds is 5. The van der Waals surface area contributed by atoms with Gasteiger partial charge in [-0.05, 0) is 30.0 Å². The van der Waals surface area contributed by atoms with E-state index in [1.807, 2.05) is 31.2 Å². The monoisotopic (exact) mass is 341 g/mol. The van der Waals surface area contributed by atoms with E-state index in [0.29, 0.717) is 29.8 Å². The van der Waals surface area contributed by atoms with Crippen LogP contribution < -0.4 is 10.6 Å². The van der Waals surface area contributed by atoms with Gasteiger partial charge in [0.25, 0.3) is 0 Å². The Labute approximate surface area is 146 Å². The summed E-state index contributed by atoms with van der Waals surface area (Å²) in [6, 6.07) is 7.05. The molecule has 25 heavy (non-hydrogen) atoms. The number of hydrogen-bond acceptors (Lipinski definition) is 4. The summed E-state index contributed by atoms with van der Waals surface area (Å²) in [6.07, 6.45) is 1.66. The summed E-state index contributed by atoms with van der Waals surface area (Å²) in [5.74, 6) is 0.926. The van der Waals surface area contributed by atoms with Crippen molar-refractivity contribution in [2.75, 3.05) is 10.6 Å². The van der Waals surface area contributed by atoms with Gasteiger partial charge in [-0.25, -0.2) is 4.68 Å². The average Bonchev–Trinajstić information content (AvgIpc) is 2.97. The Morgan fingerprint density at radius 3 is 2.72 bits per heavy atom. The summed E-state index contributed by atoms with van der Waals surface area (Å²) < 4.78 is 1.52. The molecule has 0 bridgehead atoms. The average molecular weight is 341 g/mol. The second-order valence-electron chi connectivity index (χ2n) is 6.58. The highest BCUT2D eigenvalue weighted by molar-refractivity contribution is 6.00. The van der Waals surface area contributed by atoms with E-state index < -0.39 is 6.04 Å². The van der Waals surface area contributed by atoms with Crippen LogP contribution in [0.1, 0.15) is 57.0 Å². The van der Waals surface area contributed by atoms with Gasteiger partial charge < -0.3 is 5.32 Å². The third-order valence-electron chi connectivity index (χ3n) is 4.22. The van der Waals surface area contributed by atoms with Crippen LogP contribution >= 0.6 is 0 Å². The van der Waals surface area contributed by atoms with Gasteiger partial charge in [0.2, 0.25) is 17.8 Å². The third kappa shape index (κ3) is 3.70. The van der Waals surface area contributed by atoms with E-state index in [0.717, 1.165) is 6.42 Å². The summed E-state index contributed by atoms with van der Waals surface area (Å²) >= 11 is 0. The van der Waals surface area contributed by atoms with Crippen LogP contribution in [0.25, 0.3) is 0 Å². The van der Waals surface area contributed by atoms with Crippen molar-refractivity contribution in [1.29, 1.82) is 0 Å². The fraction of sp³-hybridized carbons (Fsp3) is 0.444. The number of fused-ring (bicyclic) bond motifs is 1. The molecule has 7 heteroatoms. The Hall–Kier alpha value is -2.70. The number of nitrogens with zero attached hydrogens (tertiary/aromatic N) is 3. The number of amides is 2. The van der Waals surface area contributed by atoms with E-state index in [4.69, 9.17) is 0 Å². The van der Waals surface area contributed by atoms with Crippen LogP contribution in [0.2, 0.25) is 0 Å². The van der Waals surface area contributed by atoms with Gasteiger partial charge in [0.15, 0.2) is 5.82 Å². The van der Waals surface area contributed by atoms with Crippen LogP contribution in [-0.2, 0) is 16.0 Å². The highest BCUT2D eigenvalue weighted by atomic mass is 16.2. The Morgan fingerprint density at radius 2 is 2.08 bits per heavy atom. The summed E-state index contributed by atoms with van der Waals surface area (Å²) in [5.41, 5.74) is 1.91. The van der Waals surface area contributed by atoms with Crippen molar-refractivity contribution < 1.29 is 9.59 Å². The van der Waals surface area contributed by atoms with E-state index in [2.05, 4.69) is 34.6 Å². The molecule has 0 saturated carbocycles. The molecule has 2 aromatic rings. The molecule has 1 unspecified atom stereocenters. The number of carbonyl (C=O) groups is 2. The fourth-order valence-corrected chi connectivity index (χ4v) is 2.82.